The average molecular weight is 475 g/mol. The molecule has 11 heteroatoms. The molecule has 162 valence electrons. The zero-order valence-electron chi connectivity index (χ0n) is 18.0. The first-order valence-electron chi connectivity index (χ1n) is 9.85. The van der Waals surface area contributed by atoms with Crippen molar-refractivity contribution in [3.63, 3.8) is 0 Å². The van der Waals surface area contributed by atoms with E-state index < -0.39 is 21.1 Å². The quantitative estimate of drug-likeness (QED) is 0.233. The maximum atomic E-state index is 13.0. The van der Waals surface area contributed by atoms with E-state index in [-0.39, 0.29) is 57.4 Å². The molecule has 8 nitrogen and oxygen atoms in total. The molecule has 0 aliphatic carbocycles. The second kappa shape index (κ2) is 11.0. The van der Waals surface area contributed by atoms with Crippen molar-refractivity contribution in [1.29, 1.82) is 0 Å². The van der Waals surface area contributed by atoms with E-state index >= 15 is 0 Å². The number of halogens is 1. The summed E-state index contributed by atoms with van der Waals surface area (Å²) in [5.41, 5.74) is 0.365. The van der Waals surface area contributed by atoms with E-state index in [9.17, 15) is 18.0 Å². The molecule has 3 aromatic rings. The Bertz CT molecular complexity index is 1260. The van der Waals surface area contributed by atoms with Crippen LogP contribution in [0.25, 0.3) is 11.2 Å². The van der Waals surface area contributed by atoms with Gasteiger partial charge in [0.25, 0.3) is 5.56 Å². The molecule has 3 rings (SSSR count). The molecule has 0 unspecified atom stereocenters. The van der Waals surface area contributed by atoms with Gasteiger partial charge in [-0.05, 0) is 37.0 Å². The van der Waals surface area contributed by atoms with Crippen LogP contribution in [0.1, 0.15) is 38.2 Å². The topological polar surface area (TPSA) is 105 Å². The van der Waals surface area contributed by atoms with Crippen molar-refractivity contribution in [2.75, 3.05) is 6.26 Å². The molecule has 0 saturated heterocycles. The molecular weight excluding hydrogens is 451 g/mol. The van der Waals surface area contributed by atoms with Crippen molar-refractivity contribution in [3.05, 3.63) is 56.0 Å². The molecule has 0 saturated carbocycles. The molecular formula is C20H24ClN4NaO4S. The van der Waals surface area contributed by atoms with Crippen molar-refractivity contribution in [1.82, 2.24) is 19.1 Å². The van der Waals surface area contributed by atoms with Crippen LogP contribution in [0.4, 0.5) is 0 Å². The zero-order valence-corrected chi connectivity index (χ0v) is 21.5. The Hall–Kier alpha value is -1.39. The molecule has 0 atom stereocenters. The first-order chi connectivity index (χ1) is 14.2. The smallest absolute Gasteiger partial charge is 0.420 e. The first kappa shape index (κ1) is 25.9. The number of aromatic nitrogens is 4. The van der Waals surface area contributed by atoms with Crippen molar-refractivity contribution in [2.45, 2.75) is 57.0 Å². The number of hydrogen-bond acceptors (Lipinski definition) is 5. The predicted octanol–water partition coefficient (Wildman–Crippen LogP) is -0.601. The van der Waals surface area contributed by atoms with Crippen LogP contribution in [0.5, 0.6) is 0 Å². The third kappa shape index (κ3) is 6.10. The maximum Gasteiger partial charge on any atom is 1.00 e. The van der Waals surface area contributed by atoms with E-state index in [1.54, 1.807) is 24.3 Å². The second-order valence-electron chi connectivity index (χ2n) is 7.28. The van der Waals surface area contributed by atoms with Crippen molar-refractivity contribution < 1.29 is 38.0 Å². The summed E-state index contributed by atoms with van der Waals surface area (Å²) in [6, 6.07) is 6.61. The van der Waals surface area contributed by atoms with Crippen molar-refractivity contribution in [2.24, 2.45) is 0 Å². The molecule has 0 aliphatic rings. The van der Waals surface area contributed by atoms with E-state index in [0.717, 1.165) is 31.1 Å². The molecule has 0 N–H and O–H groups in total. The van der Waals surface area contributed by atoms with Gasteiger partial charge in [-0.1, -0.05) is 43.5 Å². The van der Waals surface area contributed by atoms with Crippen molar-refractivity contribution >= 4 is 32.6 Å². The summed E-state index contributed by atoms with van der Waals surface area (Å²) in [7, 11) is -3.24. The van der Waals surface area contributed by atoms with Gasteiger partial charge in [-0.15, -0.1) is 0 Å². The molecule has 2 heterocycles. The fraction of sp³-hybridized carbons (Fsp3) is 0.450. The first-order valence-corrected chi connectivity index (χ1v) is 12.1. The van der Waals surface area contributed by atoms with E-state index in [1.165, 1.54) is 9.13 Å². The van der Waals surface area contributed by atoms with Gasteiger partial charge in [0.1, 0.15) is 0 Å². The van der Waals surface area contributed by atoms with E-state index in [0.29, 0.717) is 19.4 Å². The summed E-state index contributed by atoms with van der Waals surface area (Å²) >= 11 is 5.89. The van der Waals surface area contributed by atoms with Crippen LogP contribution in [0, 0.1) is 0 Å². The Balaban J connectivity index is 0.00000341. The fourth-order valence-corrected chi connectivity index (χ4v) is 4.15. The summed E-state index contributed by atoms with van der Waals surface area (Å²) in [5, 5.41) is -0.0468. The van der Waals surface area contributed by atoms with Gasteiger partial charge in [0.2, 0.25) is 0 Å². The summed E-state index contributed by atoms with van der Waals surface area (Å²) in [6.45, 7) is 2.74. The number of nitrogens with zero attached hydrogens (tertiary/aromatic N) is 4. The third-order valence-electron chi connectivity index (χ3n) is 4.96. The Kier molecular flexibility index (Phi) is 9.14. The number of unbranched alkanes of at least 4 members (excludes halogenated alkanes) is 2. The van der Waals surface area contributed by atoms with Crippen LogP contribution in [-0.4, -0.2) is 28.8 Å². The normalized spacial score (nSPS) is 11.6. The van der Waals surface area contributed by atoms with E-state index in [4.69, 9.17) is 11.6 Å². The molecule has 31 heavy (non-hydrogen) atoms. The monoisotopic (exact) mass is 474 g/mol. The minimum absolute atomic E-state index is 0. The molecule has 0 fully saturated rings. The number of fused-ring (bicyclic) bond motifs is 1. The van der Waals surface area contributed by atoms with Crippen LogP contribution >= 0.6 is 11.6 Å². The fourth-order valence-electron chi connectivity index (χ4n) is 3.35. The van der Waals surface area contributed by atoms with Crippen LogP contribution in [-0.2, 0) is 29.3 Å². The maximum absolute atomic E-state index is 13.0. The number of sulfone groups is 1. The van der Waals surface area contributed by atoms with E-state index in [1.807, 2.05) is 0 Å². The average Bonchev–Trinajstić information content (AvgIpc) is 3.08. The number of hydrogen-bond donors (Lipinski definition) is 0. The Labute approximate surface area is 207 Å². The standard InChI is InChI=1S/C20H25ClN4O4S.Na/c1-3-4-5-12-24-17-16(22-19(21)23-17)18(26)25(20(24)27)13-6-7-14-8-10-15(11-9-14)30(2,28)29;/h8-11H,3-7,12-13H2,1-2H3,(H,22,23,26);/q;+1/p-1. The van der Waals surface area contributed by atoms with Crippen LogP contribution < -0.4 is 45.8 Å². The SMILES string of the molecule is CCCCCn1c(=O)n(CCCc2ccc(S(C)(=O)=O)cc2)c(=O)c2[n-]c(Cl)nc21.[Na+]. The predicted molar refractivity (Wildman–Crippen MR) is 116 cm³/mol. The van der Waals surface area contributed by atoms with Gasteiger partial charge in [0.05, 0.1) is 4.90 Å². The van der Waals surface area contributed by atoms with Gasteiger partial charge < -0.3 is 9.97 Å². The van der Waals surface area contributed by atoms with Gasteiger partial charge in [-0.3, -0.25) is 13.9 Å². The summed E-state index contributed by atoms with van der Waals surface area (Å²) in [4.78, 5) is 34.0. The van der Waals surface area contributed by atoms with Crippen LogP contribution in [0.3, 0.4) is 0 Å². The molecule has 2 aromatic heterocycles. The zero-order chi connectivity index (χ0) is 21.9. The third-order valence-corrected chi connectivity index (χ3v) is 6.26. The van der Waals surface area contributed by atoms with Crippen LogP contribution in [0.15, 0.2) is 38.8 Å². The van der Waals surface area contributed by atoms with Gasteiger partial charge >= 0.3 is 35.2 Å². The molecule has 0 amide bonds. The van der Waals surface area contributed by atoms with E-state index in [2.05, 4.69) is 16.9 Å². The van der Waals surface area contributed by atoms with Gasteiger partial charge in [-0.2, -0.15) is 0 Å². The van der Waals surface area contributed by atoms with Gasteiger partial charge in [0.15, 0.2) is 9.84 Å². The number of benzene rings is 1. The largest absolute Gasteiger partial charge is 1.00 e. The van der Waals surface area contributed by atoms with Crippen LogP contribution in [0.2, 0.25) is 5.28 Å². The molecule has 0 aliphatic heterocycles. The summed E-state index contributed by atoms with van der Waals surface area (Å²) < 4.78 is 25.8. The number of rotatable bonds is 9. The van der Waals surface area contributed by atoms with Crippen molar-refractivity contribution in [3.8, 4) is 0 Å². The number of imidazole rings is 1. The van der Waals surface area contributed by atoms with Gasteiger partial charge in [0, 0.05) is 35.8 Å². The molecule has 0 radical (unpaired) electrons. The Morgan fingerprint density at radius 2 is 1.68 bits per heavy atom. The molecule has 1 aromatic carbocycles. The second-order valence-corrected chi connectivity index (χ2v) is 9.64. The Morgan fingerprint density at radius 3 is 2.29 bits per heavy atom. The minimum atomic E-state index is -3.24. The Morgan fingerprint density at radius 1 is 1.03 bits per heavy atom. The molecule has 0 bridgehead atoms. The summed E-state index contributed by atoms with van der Waals surface area (Å²) in [6.07, 6.45) is 5.05. The minimum Gasteiger partial charge on any atom is -0.420 e. The van der Waals surface area contributed by atoms with Gasteiger partial charge in [-0.25, -0.2) is 13.2 Å². The molecule has 0 spiro atoms. The summed E-state index contributed by atoms with van der Waals surface area (Å²) in [5.74, 6) is 0. The number of aryl methyl sites for hydroxylation is 2.